The quantitative estimate of drug-likeness (QED) is 0.892. The van der Waals surface area contributed by atoms with E-state index in [-0.39, 0.29) is 11.7 Å². The van der Waals surface area contributed by atoms with Gasteiger partial charge in [0.25, 0.3) is 5.91 Å². The number of carbonyl (C=O) groups excluding carboxylic acids is 1. The van der Waals surface area contributed by atoms with Gasteiger partial charge in [-0.25, -0.2) is 8.78 Å². The van der Waals surface area contributed by atoms with Crippen LogP contribution in [0.1, 0.15) is 10.4 Å². The van der Waals surface area contributed by atoms with Gasteiger partial charge in [-0.15, -0.1) is 0 Å². The molecule has 4 nitrogen and oxygen atoms in total. The fourth-order valence-corrected chi connectivity index (χ4v) is 1.94. The van der Waals surface area contributed by atoms with Crippen molar-refractivity contribution < 1.29 is 18.3 Å². The van der Waals surface area contributed by atoms with Crippen LogP contribution >= 0.6 is 0 Å². The summed E-state index contributed by atoms with van der Waals surface area (Å²) in [5.41, 5.74) is 0.100. The van der Waals surface area contributed by atoms with Crippen LogP contribution in [0.25, 0.3) is 0 Å². The van der Waals surface area contributed by atoms with Crippen LogP contribution in [0.3, 0.4) is 0 Å². The SMILES string of the molecule is CN1CCOC(CNC(=O)c2ccc(F)c(F)c2)C1. The van der Waals surface area contributed by atoms with Gasteiger partial charge in [0.15, 0.2) is 11.6 Å². The van der Waals surface area contributed by atoms with Crippen LogP contribution in [0.15, 0.2) is 18.2 Å². The minimum Gasteiger partial charge on any atom is -0.374 e. The third-order valence-corrected chi connectivity index (χ3v) is 3.01. The third-order valence-electron chi connectivity index (χ3n) is 3.01. The molecule has 1 N–H and O–H groups in total. The van der Waals surface area contributed by atoms with Crippen LogP contribution in [0.4, 0.5) is 8.78 Å². The van der Waals surface area contributed by atoms with E-state index in [0.717, 1.165) is 25.2 Å². The molecule has 1 aromatic carbocycles. The molecule has 0 aromatic heterocycles. The molecule has 0 spiro atoms. The van der Waals surface area contributed by atoms with Gasteiger partial charge in [-0.1, -0.05) is 0 Å². The number of likely N-dealkylation sites (N-methyl/N-ethyl adjacent to an activating group) is 1. The fraction of sp³-hybridized carbons (Fsp3) is 0.462. The largest absolute Gasteiger partial charge is 0.374 e. The molecule has 1 amide bonds. The average Bonchev–Trinajstić information content (AvgIpc) is 2.39. The van der Waals surface area contributed by atoms with Gasteiger partial charge in [-0.3, -0.25) is 4.79 Å². The standard InChI is InChI=1S/C13H16F2N2O2/c1-17-4-5-19-10(8-17)7-16-13(18)9-2-3-11(14)12(15)6-9/h2-3,6,10H,4-5,7-8H2,1H3,(H,16,18). The molecule has 1 aliphatic rings. The maximum Gasteiger partial charge on any atom is 0.251 e. The lowest BCUT2D eigenvalue weighted by Crippen LogP contribution is -2.45. The molecule has 1 fully saturated rings. The Morgan fingerprint density at radius 3 is 2.95 bits per heavy atom. The Morgan fingerprint density at radius 1 is 1.47 bits per heavy atom. The second-order valence-corrected chi connectivity index (χ2v) is 4.59. The molecule has 1 heterocycles. The highest BCUT2D eigenvalue weighted by molar-refractivity contribution is 5.94. The molecule has 0 bridgehead atoms. The van der Waals surface area contributed by atoms with E-state index < -0.39 is 17.5 Å². The highest BCUT2D eigenvalue weighted by Crippen LogP contribution is 2.09. The zero-order chi connectivity index (χ0) is 13.8. The van der Waals surface area contributed by atoms with Crippen molar-refractivity contribution in [3.8, 4) is 0 Å². The highest BCUT2D eigenvalue weighted by atomic mass is 19.2. The maximum absolute atomic E-state index is 13.0. The number of hydrogen-bond acceptors (Lipinski definition) is 3. The first-order valence-corrected chi connectivity index (χ1v) is 6.09. The summed E-state index contributed by atoms with van der Waals surface area (Å²) in [6.07, 6.45) is -0.0759. The van der Waals surface area contributed by atoms with Gasteiger partial charge in [0, 0.05) is 25.2 Å². The van der Waals surface area contributed by atoms with Crippen LogP contribution in [-0.4, -0.2) is 50.2 Å². The second kappa shape index (κ2) is 6.08. The molecule has 0 radical (unpaired) electrons. The number of hydrogen-bond donors (Lipinski definition) is 1. The van der Waals surface area contributed by atoms with Gasteiger partial charge in [0.05, 0.1) is 12.7 Å². The Kier molecular flexibility index (Phi) is 4.44. The predicted octanol–water partition coefficient (Wildman–Crippen LogP) is 1.03. The third kappa shape index (κ3) is 3.71. The number of halogens is 2. The molecule has 1 aliphatic heterocycles. The van der Waals surface area contributed by atoms with E-state index >= 15 is 0 Å². The maximum atomic E-state index is 13.0. The van der Waals surface area contributed by atoms with E-state index in [0.29, 0.717) is 13.2 Å². The van der Waals surface area contributed by atoms with E-state index in [1.807, 2.05) is 7.05 Å². The molecule has 104 valence electrons. The molecular weight excluding hydrogens is 254 g/mol. The predicted molar refractivity (Wildman–Crippen MR) is 65.9 cm³/mol. The number of ether oxygens (including phenoxy) is 1. The van der Waals surface area contributed by atoms with E-state index in [9.17, 15) is 13.6 Å². The van der Waals surface area contributed by atoms with E-state index in [4.69, 9.17) is 4.74 Å². The van der Waals surface area contributed by atoms with Gasteiger partial charge in [0.2, 0.25) is 0 Å². The fourth-order valence-electron chi connectivity index (χ4n) is 1.94. The normalized spacial score (nSPS) is 20.3. The summed E-state index contributed by atoms with van der Waals surface area (Å²) in [6, 6.07) is 3.08. The van der Waals surface area contributed by atoms with Gasteiger partial charge >= 0.3 is 0 Å². The molecule has 1 saturated heterocycles. The molecule has 19 heavy (non-hydrogen) atoms. The van der Waals surface area contributed by atoms with Crippen molar-refractivity contribution in [2.24, 2.45) is 0 Å². The zero-order valence-corrected chi connectivity index (χ0v) is 10.7. The molecule has 6 heteroatoms. The van der Waals surface area contributed by atoms with Crippen molar-refractivity contribution >= 4 is 5.91 Å². The number of amides is 1. The Labute approximate surface area is 110 Å². The molecule has 1 aromatic rings. The molecule has 1 unspecified atom stereocenters. The summed E-state index contributed by atoms with van der Waals surface area (Å²) in [4.78, 5) is 13.9. The van der Waals surface area contributed by atoms with E-state index in [1.165, 1.54) is 6.07 Å². The monoisotopic (exact) mass is 270 g/mol. The van der Waals surface area contributed by atoms with Crippen molar-refractivity contribution in [3.63, 3.8) is 0 Å². The summed E-state index contributed by atoms with van der Waals surface area (Å²) in [7, 11) is 1.98. The van der Waals surface area contributed by atoms with Crippen molar-refractivity contribution in [2.45, 2.75) is 6.10 Å². The number of benzene rings is 1. The van der Waals surface area contributed by atoms with Gasteiger partial charge < -0.3 is 15.0 Å². The zero-order valence-electron chi connectivity index (χ0n) is 10.7. The number of morpholine rings is 1. The smallest absolute Gasteiger partial charge is 0.251 e. The first-order valence-electron chi connectivity index (χ1n) is 6.09. The average molecular weight is 270 g/mol. The Bertz CT molecular complexity index is 468. The molecule has 1 atom stereocenters. The van der Waals surface area contributed by atoms with Crippen molar-refractivity contribution in [2.75, 3.05) is 33.3 Å². The van der Waals surface area contributed by atoms with Crippen LogP contribution in [0.2, 0.25) is 0 Å². The van der Waals surface area contributed by atoms with Gasteiger partial charge in [0.1, 0.15) is 0 Å². The van der Waals surface area contributed by atoms with Crippen LogP contribution in [-0.2, 0) is 4.74 Å². The Hall–Kier alpha value is -1.53. The molecule has 0 saturated carbocycles. The van der Waals surface area contributed by atoms with Crippen LogP contribution < -0.4 is 5.32 Å². The van der Waals surface area contributed by atoms with E-state index in [1.54, 1.807) is 0 Å². The van der Waals surface area contributed by atoms with Crippen molar-refractivity contribution in [1.82, 2.24) is 10.2 Å². The van der Waals surface area contributed by atoms with Crippen LogP contribution in [0.5, 0.6) is 0 Å². The summed E-state index contributed by atoms with van der Waals surface area (Å²) in [5, 5.41) is 2.66. The Balaban J connectivity index is 1.88. The molecule has 2 rings (SSSR count). The number of nitrogens with zero attached hydrogens (tertiary/aromatic N) is 1. The summed E-state index contributed by atoms with van der Waals surface area (Å²) >= 11 is 0. The van der Waals surface area contributed by atoms with Gasteiger partial charge in [-0.05, 0) is 25.2 Å². The first kappa shape index (κ1) is 13.9. The number of nitrogens with one attached hydrogen (secondary N) is 1. The number of carbonyl (C=O) groups is 1. The van der Waals surface area contributed by atoms with Crippen molar-refractivity contribution in [3.05, 3.63) is 35.4 Å². The minimum absolute atomic E-state index is 0.0759. The molecule has 0 aliphatic carbocycles. The lowest BCUT2D eigenvalue weighted by atomic mass is 10.2. The second-order valence-electron chi connectivity index (χ2n) is 4.59. The summed E-state index contributed by atoms with van der Waals surface area (Å²) < 4.78 is 31.2. The lowest BCUT2D eigenvalue weighted by Gasteiger charge is -2.30. The van der Waals surface area contributed by atoms with Gasteiger partial charge in [-0.2, -0.15) is 0 Å². The minimum atomic E-state index is -1.03. The lowest BCUT2D eigenvalue weighted by molar-refractivity contribution is -0.0175. The summed E-state index contributed by atoms with van der Waals surface area (Å²) in [5.74, 6) is -2.43. The van der Waals surface area contributed by atoms with E-state index in [2.05, 4.69) is 10.2 Å². The topological polar surface area (TPSA) is 41.6 Å². The first-order chi connectivity index (χ1) is 9.06. The molecular formula is C13H16F2N2O2. The highest BCUT2D eigenvalue weighted by Gasteiger charge is 2.18. The summed E-state index contributed by atoms with van der Waals surface area (Å²) in [6.45, 7) is 2.58. The van der Waals surface area contributed by atoms with Crippen LogP contribution in [0, 0.1) is 11.6 Å². The number of rotatable bonds is 3. The van der Waals surface area contributed by atoms with Crippen molar-refractivity contribution in [1.29, 1.82) is 0 Å². The Morgan fingerprint density at radius 2 is 2.26 bits per heavy atom.